The van der Waals surface area contributed by atoms with Crippen LogP contribution in [0.1, 0.15) is 11.1 Å². The second-order valence-electron chi connectivity index (χ2n) is 6.08. The van der Waals surface area contributed by atoms with E-state index in [4.69, 9.17) is 0 Å². The first-order valence-corrected chi connectivity index (χ1v) is 8.55. The van der Waals surface area contributed by atoms with Gasteiger partial charge in [-0.05, 0) is 18.2 Å². The number of carbonyl (C=O) groups excluding carboxylic acids is 1. The van der Waals surface area contributed by atoms with E-state index in [9.17, 15) is 26.7 Å². The Labute approximate surface area is 167 Å². The number of para-hydroxylation sites is 1. The number of carbonyl (C=O) groups is 1. The smallest absolute Gasteiger partial charge is 0.405 e. The van der Waals surface area contributed by atoms with Gasteiger partial charge in [-0.25, -0.2) is 18.3 Å². The molecule has 1 aromatic heterocycles. The standard InChI is InChI=1S/C19H15F5N4O2/c20-14-5-6-16(15(21)7-14)28-11-12(9-27-28)8-25-18(29)26-10-13-3-1-2-4-17(13)30-19(22,23)24/h1-7,9,11H,8,10H2,(H2,25,26,29). The molecule has 1 heterocycles. The highest BCUT2D eigenvalue weighted by molar-refractivity contribution is 5.73. The molecule has 30 heavy (non-hydrogen) atoms. The summed E-state index contributed by atoms with van der Waals surface area (Å²) in [6, 6.07) is 7.83. The summed E-state index contributed by atoms with van der Waals surface area (Å²) in [4.78, 5) is 11.9. The first-order valence-electron chi connectivity index (χ1n) is 8.55. The van der Waals surface area contributed by atoms with Gasteiger partial charge in [0.2, 0.25) is 0 Å². The van der Waals surface area contributed by atoms with Crippen molar-refractivity contribution >= 4 is 6.03 Å². The van der Waals surface area contributed by atoms with Crippen LogP contribution in [-0.2, 0) is 13.1 Å². The molecule has 0 aliphatic rings. The number of benzene rings is 2. The van der Waals surface area contributed by atoms with E-state index in [-0.39, 0.29) is 24.3 Å². The van der Waals surface area contributed by atoms with Crippen molar-refractivity contribution in [2.75, 3.05) is 0 Å². The Bertz CT molecular complexity index is 1040. The van der Waals surface area contributed by atoms with Crippen LogP contribution in [0.25, 0.3) is 5.69 Å². The van der Waals surface area contributed by atoms with Crippen LogP contribution in [0.2, 0.25) is 0 Å². The topological polar surface area (TPSA) is 68.2 Å². The van der Waals surface area contributed by atoms with Crippen LogP contribution in [0.15, 0.2) is 54.9 Å². The molecular weight excluding hydrogens is 411 g/mol. The van der Waals surface area contributed by atoms with Gasteiger partial charge in [0.05, 0.1) is 6.20 Å². The van der Waals surface area contributed by atoms with Crippen LogP contribution in [0.3, 0.4) is 0 Å². The van der Waals surface area contributed by atoms with E-state index in [1.165, 1.54) is 41.3 Å². The highest BCUT2D eigenvalue weighted by Gasteiger charge is 2.31. The van der Waals surface area contributed by atoms with Crippen molar-refractivity contribution in [2.45, 2.75) is 19.5 Å². The van der Waals surface area contributed by atoms with E-state index >= 15 is 0 Å². The van der Waals surface area contributed by atoms with Crippen molar-refractivity contribution in [2.24, 2.45) is 0 Å². The third kappa shape index (κ3) is 5.69. The number of nitrogens with one attached hydrogen (secondary N) is 2. The van der Waals surface area contributed by atoms with E-state index in [1.807, 2.05) is 0 Å². The molecule has 2 aromatic carbocycles. The number of amides is 2. The fourth-order valence-corrected chi connectivity index (χ4v) is 2.54. The lowest BCUT2D eigenvalue weighted by atomic mass is 10.2. The predicted molar refractivity (Wildman–Crippen MR) is 95.7 cm³/mol. The molecule has 0 unspecified atom stereocenters. The van der Waals surface area contributed by atoms with Crippen molar-refractivity contribution in [3.63, 3.8) is 0 Å². The summed E-state index contributed by atoms with van der Waals surface area (Å²) >= 11 is 0. The van der Waals surface area contributed by atoms with Crippen LogP contribution in [0.5, 0.6) is 5.75 Å². The minimum Gasteiger partial charge on any atom is -0.405 e. The molecule has 0 radical (unpaired) electrons. The van der Waals surface area contributed by atoms with Gasteiger partial charge in [-0.3, -0.25) is 0 Å². The van der Waals surface area contributed by atoms with Gasteiger partial charge in [-0.15, -0.1) is 13.2 Å². The lowest BCUT2D eigenvalue weighted by molar-refractivity contribution is -0.274. The number of rotatable bonds is 6. The molecule has 0 spiro atoms. The van der Waals surface area contributed by atoms with Crippen molar-refractivity contribution in [3.05, 3.63) is 77.6 Å². The number of urea groups is 1. The fourth-order valence-electron chi connectivity index (χ4n) is 2.54. The number of ether oxygens (including phenoxy) is 1. The molecule has 6 nitrogen and oxygen atoms in total. The first-order chi connectivity index (χ1) is 14.2. The second-order valence-corrected chi connectivity index (χ2v) is 6.08. The number of halogens is 5. The molecule has 3 rings (SSSR count). The highest BCUT2D eigenvalue weighted by atomic mass is 19.4. The van der Waals surface area contributed by atoms with Crippen LogP contribution in [0.4, 0.5) is 26.7 Å². The predicted octanol–water partition coefficient (Wildman–Crippen LogP) is 4.05. The monoisotopic (exact) mass is 426 g/mol. The third-order valence-electron chi connectivity index (χ3n) is 3.88. The molecule has 0 saturated heterocycles. The van der Waals surface area contributed by atoms with Gasteiger partial charge in [0.25, 0.3) is 0 Å². The summed E-state index contributed by atoms with van der Waals surface area (Å²) in [6.45, 7) is -0.173. The van der Waals surface area contributed by atoms with E-state index in [0.29, 0.717) is 5.56 Å². The zero-order valence-corrected chi connectivity index (χ0v) is 15.2. The summed E-state index contributed by atoms with van der Waals surface area (Å²) in [5.41, 5.74) is 0.702. The minimum absolute atomic E-state index is 0.0232. The minimum atomic E-state index is -4.84. The number of alkyl halides is 3. The fraction of sp³-hybridized carbons (Fsp3) is 0.158. The van der Waals surface area contributed by atoms with Crippen LogP contribution < -0.4 is 15.4 Å². The Morgan fingerprint density at radius 3 is 2.53 bits per heavy atom. The summed E-state index contributed by atoms with van der Waals surface area (Å²) in [6.07, 6.45) is -2.01. The Morgan fingerprint density at radius 2 is 1.80 bits per heavy atom. The maximum absolute atomic E-state index is 13.8. The average Bonchev–Trinajstić information content (AvgIpc) is 3.13. The van der Waals surface area contributed by atoms with Crippen molar-refractivity contribution < 1.29 is 31.5 Å². The lowest BCUT2D eigenvalue weighted by Gasteiger charge is -2.13. The molecule has 0 fully saturated rings. The quantitative estimate of drug-likeness (QED) is 0.585. The molecule has 11 heteroatoms. The third-order valence-corrected chi connectivity index (χ3v) is 3.88. The van der Waals surface area contributed by atoms with Gasteiger partial charge in [0, 0.05) is 36.5 Å². The normalized spacial score (nSPS) is 11.2. The van der Waals surface area contributed by atoms with Crippen LogP contribution >= 0.6 is 0 Å². The number of hydrogen-bond acceptors (Lipinski definition) is 3. The molecule has 0 atom stereocenters. The van der Waals surface area contributed by atoms with Crippen LogP contribution in [0, 0.1) is 11.6 Å². The number of hydrogen-bond donors (Lipinski definition) is 2. The molecule has 2 amide bonds. The van der Waals surface area contributed by atoms with Gasteiger partial charge in [0.15, 0.2) is 5.82 Å². The van der Waals surface area contributed by atoms with Gasteiger partial charge in [0.1, 0.15) is 17.3 Å². The maximum Gasteiger partial charge on any atom is 0.573 e. The van der Waals surface area contributed by atoms with E-state index in [1.54, 1.807) is 0 Å². The average molecular weight is 426 g/mol. The summed E-state index contributed by atoms with van der Waals surface area (Å²) < 4.78 is 69.2. The summed E-state index contributed by atoms with van der Waals surface area (Å²) in [7, 11) is 0. The number of aromatic nitrogens is 2. The summed E-state index contributed by atoms with van der Waals surface area (Å²) in [5.74, 6) is -1.92. The van der Waals surface area contributed by atoms with E-state index < -0.39 is 29.8 Å². The van der Waals surface area contributed by atoms with Crippen LogP contribution in [-0.4, -0.2) is 22.2 Å². The Kier molecular flexibility index (Phi) is 6.19. The Morgan fingerprint density at radius 1 is 1.07 bits per heavy atom. The van der Waals surface area contributed by atoms with Gasteiger partial charge >= 0.3 is 12.4 Å². The van der Waals surface area contributed by atoms with E-state index in [2.05, 4.69) is 20.5 Å². The van der Waals surface area contributed by atoms with Crippen molar-refractivity contribution in [1.82, 2.24) is 20.4 Å². The van der Waals surface area contributed by atoms with Gasteiger partial charge in [-0.2, -0.15) is 5.10 Å². The molecule has 0 saturated carbocycles. The van der Waals surface area contributed by atoms with Gasteiger partial charge < -0.3 is 15.4 Å². The molecule has 0 bridgehead atoms. The zero-order valence-electron chi connectivity index (χ0n) is 15.2. The van der Waals surface area contributed by atoms with E-state index in [0.717, 1.165) is 18.2 Å². The molecule has 2 N–H and O–H groups in total. The second kappa shape index (κ2) is 8.80. The molecule has 0 aliphatic carbocycles. The molecular formula is C19H15F5N4O2. The Balaban J connectivity index is 1.54. The lowest BCUT2D eigenvalue weighted by Crippen LogP contribution is -2.34. The molecule has 3 aromatic rings. The zero-order chi connectivity index (χ0) is 21.7. The first kappa shape index (κ1) is 21.1. The van der Waals surface area contributed by atoms with Gasteiger partial charge in [-0.1, -0.05) is 18.2 Å². The molecule has 0 aliphatic heterocycles. The SMILES string of the molecule is O=C(NCc1cnn(-c2ccc(F)cc2F)c1)NCc1ccccc1OC(F)(F)F. The Hall–Kier alpha value is -3.63. The van der Waals surface area contributed by atoms with Crippen molar-refractivity contribution in [1.29, 1.82) is 0 Å². The van der Waals surface area contributed by atoms with Crippen molar-refractivity contribution in [3.8, 4) is 11.4 Å². The molecule has 158 valence electrons. The maximum atomic E-state index is 13.8. The largest absolute Gasteiger partial charge is 0.573 e. The number of nitrogens with zero attached hydrogens (tertiary/aromatic N) is 2. The highest BCUT2D eigenvalue weighted by Crippen LogP contribution is 2.26. The summed E-state index contributed by atoms with van der Waals surface area (Å²) in [5, 5.41) is 8.88.